The topological polar surface area (TPSA) is 55.1 Å². The number of nitrogens with one attached hydrogen (secondary N) is 1. The SMILES string of the molecule is CC(=O)[C@@H](Cc1ccc(C)cc1)NN. The van der Waals surface area contributed by atoms with Gasteiger partial charge in [-0.1, -0.05) is 29.8 Å². The lowest BCUT2D eigenvalue weighted by molar-refractivity contribution is -0.118. The Morgan fingerprint density at radius 3 is 2.43 bits per heavy atom. The van der Waals surface area contributed by atoms with Crippen molar-refractivity contribution in [3.63, 3.8) is 0 Å². The molecule has 1 aromatic rings. The summed E-state index contributed by atoms with van der Waals surface area (Å²) in [6.07, 6.45) is 0.645. The van der Waals surface area contributed by atoms with Crippen molar-refractivity contribution in [1.82, 2.24) is 5.43 Å². The van der Waals surface area contributed by atoms with Crippen LogP contribution < -0.4 is 11.3 Å². The zero-order chi connectivity index (χ0) is 10.6. The zero-order valence-electron chi connectivity index (χ0n) is 8.58. The van der Waals surface area contributed by atoms with E-state index in [9.17, 15) is 4.79 Å². The zero-order valence-corrected chi connectivity index (χ0v) is 8.58. The summed E-state index contributed by atoms with van der Waals surface area (Å²) in [4.78, 5) is 11.1. The van der Waals surface area contributed by atoms with Gasteiger partial charge in [0.2, 0.25) is 0 Å². The molecule has 0 fully saturated rings. The molecule has 3 N–H and O–H groups in total. The fraction of sp³-hybridized carbons (Fsp3) is 0.364. The first-order valence-corrected chi connectivity index (χ1v) is 4.65. The number of benzene rings is 1. The number of rotatable bonds is 4. The molecule has 0 aliphatic rings. The van der Waals surface area contributed by atoms with Crippen LogP contribution >= 0.6 is 0 Å². The highest BCUT2D eigenvalue weighted by Crippen LogP contribution is 2.06. The molecule has 76 valence electrons. The fourth-order valence-electron chi connectivity index (χ4n) is 1.28. The predicted molar refractivity (Wildman–Crippen MR) is 56.7 cm³/mol. The largest absolute Gasteiger partial charge is 0.298 e. The van der Waals surface area contributed by atoms with Gasteiger partial charge in [-0.3, -0.25) is 10.6 Å². The molecule has 0 heterocycles. The molecule has 0 aromatic heterocycles. The maximum absolute atomic E-state index is 11.1. The monoisotopic (exact) mass is 192 g/mol. The number of nitrogens with two attached hydrogens (primary N) is 1. The van der Waals surface area contributed by atoms with Crippen LogP contribution in [0.3, 0.4) is 0 Å². The van der Waals surface area contributed by atoms with Crippen molar-refractivity contribution < 1.29 is 4.79 Å². The van der Waals surface area contributed by atoms with Gasteiger partial charge in [0.05, 0.1) is 6.04 Å². The second kappa shape index (κ2) is 4.88. The average Bonchev–Trinajstić information content (AvgIpc) is 2.16. The number of carbonyl (C=O) groups excluding carboxylic acids is 1. The first kappa shape index (κ1) is 10.9. The van der Waals surface area contributed by atoms with Gasteiger partial charge in [0.1, 0.15) is 5.78 Å². The Hall–Kier alpha value is -1.19. The van der Waals surface area contributed by atoms with Crippen LogP contribution in [-0.4, -0.2) is 11.8 Å². The van der Waals surface area contributed by atoms with E-state index in [0.29, 0.717) is 6.42 Å². The van der Waals surface area contributed by atoms with E-state index in [0.717, 1.165) is 5.56 Å². The molecule has 0 spiro atoms. The molecule has 0 saturated heterocycles. The van der Waals surface area contributed by atoms with Crippen LogP contribution in [0, 0.1) is 6.92 Å². The number of Topliss-reactive ketones (excluding diaryl/α,β-unsaturated/α-hetero) is 1. The van der Waals surface area contributed by atoms with Crippen LogP contribution in [0.5, 0.6) is 0 Å². The molecule has 0 radical (unpaired) electrons. The Morgan fingerprint density at radius 2 is 2.00 bits per heavy atom. The van der Waals surface area contributed by atoms with Crippen molar-refractivity contribution in [3.8, 4) is 0 Å². The third kappa shape index (κ3) is 2.94. The van der Waals surface area contributed by atoms with Crippen LogP contribution in [-0.2, 0) is 11.2 Å². The van der Waals surface area contributed by atoms with Crippen LogP contribution in [0.4, 0.5) is 0 Å². The van der Waals surface area contributed by atoms with E-state index in [-0.39, 0.29) is 11.8 Å². The number of hydrazine groups is 1. The maximum Gasteiger partial charge on any atom is 0.148 e. The number of ketones is 1. The average molecular weight is 192 g/mol. The molecule has 1 rings (SSSR count). The fourth-order valence-corrected chi connectivity index (χ4v) is 1.28. The van der Waals surface area contributed by atoms with Crippen LogP contribution in [0.15, 0.2) is 24.3 Å². The highest BCUT2D eigenvalue weighted by atomic mass is 16.1. The minimum atomic E-state index is -0.280. The summed E-state index contributed by atoms with van der Waals surface area (Å²) in [5.74, 6) is 5.34. The molecular formula is C11H16N2O. The second-order valence-corrected chi connectivity index (χ2v) is 3.52. The molecule has 3 nitrogen and oxygen atoms in total. The van der Waals surface area contributed by atoms with Gasteiger partial charge in [-0.2, -0.15) is 0 Å². The van der Waals surface area contributed by atoms with Crippen LogP contribution in [0.1, 0.15) is 18.1 Å². The number of hydrogen-bond donors (Lipinski definition) is 2. The maximum atomic E-state index is 11.1. The molecule has 0 aliphatic heterocycles. The van der Waals surface area contributed by atoms with Crippen molar-refractivity contribution in [2.24, 2.45) is 5.84 Å². The highest BCUT2D eigenvalue weighted by molar-refractivity contribution is 5.81. The Balaban J connectivity index is 2.67. The highest BCUT2D eigenvalue weighted by Gasteiger charge is 2.11. The summed E-state index contributed by atoms with van der Waals surface area (Å²) in [7, 11) is 0. The number of carbonyl (C=O) groups is 1. The Kier molecular flexibility index (Phi) is 3.80. The summed E-state index contributed by atoms with van der Waals surface area (Å²) >= 11 is 0. The Labute approximate surface area is 84.3 Å². The third-order valence-corrected chi connectivity index (χ3v) is 2.25. The first-order valence-electron chi connectivity index (χ1n) is 4.65. The van der Waals surface area contributed by atoms with Crippen molar-refractivity contribution >= 4 is 5.78 Å². The molecule has 0 bridgehead atoms. The molecule has 3 heteroatoms. The minimum absolute atomic E-state index is 0.0630. The van der Waals surface area contributed by atoms with E-state index in [1.807, 2.05) is 31.2 Å². The van der Waals surface area contributed by atoms with E-state index < -0.39 is 0 Å². The summed E-state index contributed by atoms with van der Waals surface area (Å²) in [6.45, 7) is 3.58. The van der Waals surface area contributed by atoms with Gasteiger partial charge in [-0.15, -0.1) is 0 Å². The van der Waals surface area contributed by atoms with Crippen LogP contribution in [0.2, 0.25) is 0 Å². The second-order valence-electron chi connectivity index (χ2n) is 3.52. The summed E-state index contributed by atoms with van der Waals surface area (Å²) < 4.78 is 0. The van der Waals surface area contributed by atoms with Gasteiger partial charge < -0.3 is 0 Å². The lowest BCUT2D eigenvalue weighted by Gasteiger charge is -2.12. The summed E-state index contributed by atoms with van der Waals surface area (Å²) in [6, 6.07) is 7.81. The quantitative estimate of drug-likeness (QED) is 0.552. The summed E-state index contributed by atoms with van der Waals surface area (Å²) in [5, 5.41) is 0. The molecule has 1 aromatic carbocycles. The van der Waals surface area contributed by atoms with Crippen molar-refractivity contribution in [2.45, 2.75) is 26.3 Å². The van der Waals surface area contributed by atoms with Gasteiger partial charge in [0.15, 0.2) is 0 Å². The molecular weight excluding hydrogens is 176 g/mol. The van der Waals surface area contributed by atoms with E-state index in [1.165, 1.54) is 5.56 Å². The molecule has 0 unspecified atom stereocenters. The van der Waals surface area contributed by atoms with Crippen molar-refractivity contribution in [2.75, 3.05) is 0 Å². The molecule has 14 heavy (non-hydrogen) atoms. The lowest BCUT2D eigenvalue weighted by atomic mass is 10.0. The normalized spacial score (nSPS) is 12.5. The standard InChI is InChI=1S/C11H16N2O/c1-8-3-5-10(6-4-8)7-11(13-12)9(2)14/h3-6,11,13H,7,12H2,1-2H3/t11-/m1/s1. The van der Waals surface area contributed by atoms with Gasteiger partial charge in [0.25, 0.3) is 0 Å². The van der Waals surface area contributed by atoms with Gasteiger partial charge >= 0.3 is 0 Å². The van der Waals surface area contributed by atoms with Gasteiger partial charge in [-0.25, -0.2) is 5.43 Å². The first-order chi connectivity index (χ1) is 6.63. The molecule has 0 amide bonds. The number of hydrogen-bond acceptors (Lipinski definition) is 3. The summed E-state index contributed by atoms with van der Waals surface area (Å²) in [5.41, 5.74) is 4.85. The van der Waals surface area contributed by atoms with Gasteiger partial charge in [-0.05, 0) is 25.8 Å². The van der Waals surface area contributed by atoms with E-state index in [4.69, 9.17) is 5.84 Å². The van der Waals surface area contributed by atoms with Gasteiger partial charge in [0, 0.05) is 0 Å². The smallest absolute Gasteiger partial charge is 0.148 e. The van der Waals surface area contributed by atoms with Crippen molar-refractivity contribution in [1.29, 1.82) is 0 Å². The van der Waals surface area contributed by atoms with E-state index in [1.54, 1.807) is 6.92 Å². The van der Waals surface area contributed by atoms with E-state index in [2.05, 4.69) is 5.43 Å². The molecule has 1 atom stereocenters. The Morgan fingerprint density at radius 1 is 1.43 bits per heavy atom. The Bertz CT molecular complexity index is 306. The van der Waals surface area contributed by atoms with Crippen molar-refractivity contribution in [3.05, 3.63) is 35.4 Å². The van der Waals surface area contributed by atoms with E-state index >= 15 is 0 Å². The number of aryl methyl sites for hydroxylation is 1. The van der Waals surface area contributed by atoms with Crippen LogP contribution in [0.25, 0.3) is 0 Å². The lowest BCUT2D eigenvalue weighted by Crippen LogP contribution is -2.41. The molecule has 0 saturated carbocycles. The third-order valence-electron chi connectivity index (χ3n) is 2.25. The molecule has 0 aliphatic carbocycles. The predicted octanol–water partition coefficient (Wildman–Crippen LogP) is 0.958. The minimum Gasteiger partial charge on any atom is -0.298 e.